The zero-order valence-electron chi connectivity index (χ0n) is 11.3. The molecular weight excluding hydrogens is 246 g/mol. The van der Waals surface area contributed by atoms with Gasteiger partial charge < -0.3 is 5.32 Å². The smallest absolute Gasteiger partial charge is 0.158 e. The molecule has 1 aromatic rings. The third-order valence-corrected chi connectivity index (χ3v) is 4.42. The van der Waals surface area contributed by atoms with Crippen molar-refractivity contribution in [1.82, 2.24) is 15.2 Å². The highest BCUT2D eigenvalue weighted by molar-refractivity contribution is 7.09. The first-order valence-corrected chi connectivity index (χ1v) is 7.28. The molecule has 0 atom stereocenters. The van der Waals surface area contributed by atoms with Crippen LogP contribution >= 0.6 is 11.3 Å². The van der Waals surface area contributed by atoms with Crippen LogP contribution in [-0.2, 0) is 11.2 Å². The van der Waals surface area contributed by atoms with E-state index in [2.05, 4.69) is 15.2 Å². The van der Waals surface area contributed by atoms with Crippen molar-refractivity contribution in [3.05, 3.63) is 16.1 Å². The Labute approximate surface area is 112 Å². The molecule has 1 fully saturated rings. The standard InChI is InChI=1S/C13H21N3OS/c1-10-15-11(9-18-10)8-12(17)13(2,3)16-6-4-14-5-7-16/h9,14H,4-8H2,1-3H3. The van der Waals surface area contributed by atoms with E-state index in [4.69, 9.17) is 0 Å². The van der Waals surface area contributed by atoms with Gasteiger partial charge in [0.2, 0.25) is 0 Å². The lowest BCUT2D eigenvalue weighted by Crippen LogP contribution is -2.57. The summed E-state index contributed by atoms with van der Waals surface area (Å²) in [5, 5.41) is 6.33. The molecule has 4 nitrogen and oxygen atoms in total. The highest BCUT2D eigenvalue weighted by Crippen LogP contribution is 2.19. The molecule has 0 bridgehead atoms. The first-order chi connectivity index (χ1) is 8.50. The number of hydrogen-bond donors (Lipinski definition) is 1. The average Bonchev–Trinajstić information content (AvgIpc) is 2.76. The van der Waals surface area contributed by atoms with E-state index in [9.17, 15) is 4.79 Å². The molecule has 1 aliphatic rings. The number of carbonyl (C=O) groups excluding carboxylic acids is 1. The monoisotopic (exact) mass is 267 g/mol. The maximum Gasteiger partial charge on any atom is 0.158 e. The molecule has 0 aromatic carbocycles. The Morgan fingerprint density at radius 1 is 1.50 bits per heavy atom. The molecule has 18 heavy (non-hydrogen) atoms. The average molecular weight is 267 g/mol. The largest absolute Gasteiger partial charge is 0.314 e. The molecule has 0 aliphatic carbocycles. The van der Waals surface area contributed by atoms with Crippen molar-refractivity contribution < 1.29 is 4.79 Å². The molecule has 1 aliphatic heterocycles. The minimum atomic E-state index is -0.389. The number of piperazine rings is 1. The van der Waals surface area contributed by atoms with E-state index in [0.29, 0.717) is 6.42 Å². The number of Topliss-reactive ketones (excluding diaryl/α,β-unsaturated/α-hetero) is 1. The van der Waals surface area contributed by atoms with Crippen molar-refractivity contribution in [2.45, 2.75) is 32.7 Å². The molecular formula is C13H21N3OS. The number of nitrogens with zero attached hydrogens (tertiary/aromatic N) is 2. The molecule has 5 heteroatoms. The summed E-state index contributed by atoms with van der Waals surface area (Å²) in [6.45, 7) is 9.84. The molecule has 0 spiro atoms. The second kappa shape index (κ2) is 5.47. The lowest BCUT2D eigenvalue weighted by atomic mass is 9.93. The molecule has 1 aromatic heterocycles. The van der Waals surface area contributed by atoms with Gasteiger partial charge in [-0.25, -0.2) is 4.98 Å². The highest BCUT2D eigenvalue weighted by Gasteiger charge is 2.34. The fourth-order valence-electron chi connectivity index (χ4n) is 2.27. The Bertz CT molecular complexity index is 422. The van der Waals surface area contributed by atoms with E-state index in [1.165, 1.54) is 0 Å². The van der Waals surface area contributed by atoms with E-state index in [1.54, 1.807) is 11.3 Å². The van der Waals surface area contributed by atoms with Crippen molar-refractivity contribution in [3.8, 4) is 0 Å². The van der Waals surface area contributed by atoms with Crippen molar-refractivity contribution in [1.29, 1.82) is 0 Å². The Kier molecular flexibility index (Phi) is 4.14. The minimum absolute atomic E-state index is 0.259. The van der Waals surface area contributed by atoms with Gasteiger partial charge in [-0.1, -0.05) is 0 Å². The van der Waals surface area contributed by atoms with E-state index >= 15 is 0 Å². The molecule has 0 radical (unpaired) electrons. The maximum atomic E-state index is 12.4. The van der Waals surface area contributed by atoms with Crippen molar-refractivity contribution in [2.75, 3.05) is 26.2 Å². The van der Waals surface area contributed by atoms with Crippen LogP contribution < -0.4 is 5.32 Å². The first-order valence-electron chi connectivity index (χ1n) is 6.40. The molecule has 0 saturated carbocycles. The number of nitrogens with one attached hydrogen (secondary N) is 1. The Morgan fingerprint density at radius 3 is 2.72 bits per heavy atom. The number of aryl methyl sites for hydroxylation is 1. The fourth-order valence-corrected chi connectivity index (χ4v) is 2.88. The van der Waals surface area contributed by atoms with Crippen molar-refractivity contribution in [2.24, 2.45) is 0 Å². The van der Waals surface area contributed by atoms with Gasteiger partial charge in [0.05, 0.1) is 22.7 Å². The van der Waals surface area contributed by atoms with E-state index in [0.717, 1.165) is 36.9 Å². The predicted octanol–water partition coefficient (Wildman–Crippen LogP) is 1.25. The van der Waals surface area contributed by atoms with Crippen LogP contribution in [0.25, 0.3) is 0 Å². The lowest BCUT2D eigenvalue weighted by Gasteiger charge is -2.39. The van der Waals surface area contributed by atoms with Crippen LogP contribution in [0.4, 0.5) is 0 Å². The third-order valence-electron chi connectivity index (χ3n) is 3.60. The normalized spacial score (nSPS) is 17.9. The van der Waals surface area contributed by atoms with Gasteiger partial charge >= 0.3 is 0 Å². The van der Waals surface area contributed by atoms with Crippen LogP contribution in [-0.4, -0.2) is 47.4 Å². The van der Waals surface area contributed by atoms with Gasteiger partial charge in [-0.3, -0.25) is 9.69 Å². The number of aromatic nitrogens is 1. The summed E-state index contributed by atoms with van der Waals surface area (Å²) in [6, 6.07) is 0. The summed E-state index contributed by atoms with van der Waals surface area (Å²) in [6.07, 6.45) is 0.446. The van der Waals surface area contributed by atoms with Gasteiger partial charge in [0.1, 0.15) is 0 Å². The first kappa shape index (κ1) is 13.6. The van der Waals surface area contributed by atoms with Gasteiger partial charge in [-0.05, 0) is 20.8 Å². The van der Waals surface area contributed by atoms with Crippen LogP contribution in [0.2, 0.25) is 0 Å². The van der Waals surface area contributed by atoms with Crippen molar-refractivity contribution >= 4 is 17.1 Å². The third kappa shape index (κ3) is 2.96. The van der Waals surface area contributed by atoms with Crippen LogP contribution in [0, 0.1) is 6.92 Å². The maximum absolute atomic E-state index is 12.4. The van der Waals surface area contributed by atoms with Crippen LogP contribution in [0.15, 0.2) is 5.38 Å². The molecule has 2 heterocycles. The number of hydrogen-bond acceptors (Lipinski definition) is 5. The van der Waals surface area contributed by atoms with Crippen molar-refractivity contribution in [3.63, 3.8) is 0 Å². The lowest BCUT2D eigenvalue weighted by molar-refractivity contribution is -0.129. The highest BCUT2D eigenvalue weighted by atomic mass is 32.1. The number of thiazole rings is 1. The second-order valence-electron chi connectivity index (χ2n) is 5.25. The molecule has 1 N–H and O–H groups in total. The second-order valence-corrected chi connectivity index (χ2v) is 6.32. The van der Waals surface area contributed by atoms with Gasteiger partial charge in [-0.2, -0.15) is 0 Å². The summed E-state index contributed by atoms with van der Waals surface area (Å²) < 4.78 is 0. The minimum Gasteiger partial charge on any atom is -0.314 e. The molecule has 0 unspecified atom stereocenters. The van der Waals surface area contributed by atoms with Gasteiger partial charge in [-0.15, -0.1) is 11.3 Å². The number of carbonyl (C=O) groups is 1. The number of rotatable bonds is 4. The topological polar surface area (TPSA) is 45.2 Å². The summed E-state index contributed by atoms with van der Waals surface area (Å²) in [4.78, 5) is 19.1. The van der Waals surface area contributed by atoms with Gasteiger partial charge in [0.15, 0.2) is 5.78 Å². The predicted molar refractivity (Wildman–Crippen MR) is 74.1 cm³/mol. The van der Waals surface area contributed by atoms with Gasteiger partial charge in [0, 0.05) is 31.6 Å². The summed E-state index contributed by atoms with van der Waals surface area (Å²) in [7, 11) is 0. The number of ketones is 1. The quantitative estimate of drug-likeness (QED) is 0.892. The van der Waals surface area contributed by atoms with E-state index in [-0.39, 0.29) is 11.3 Å². The molecule has 0 amide bonds. The fraction of sp³-hybridized carbons (Fsp3) is 0.692. The zero-order valence-corrected chi connectivity index (χ0v) is 12.1. The Morgan fingerprint density at radius 2 is 2.17 bits per heavy atom. The molecule has 2 rings (SSSR count). The van der Waals surface area contributed by atoms with E-state index in [1.807, 2.05) is 26.2 Å². The van der Waals surface area contributed by atoms with Crippen LogP contribution in [0.3, 0.4) is 0 Å². The molecule has 100 valence electrons. The van der Waals surface area contributed by atoms with E-state index < -0.39 is 0 Å². The van der Waals surface area contributed by atoms with Gasteiger partial charge in [0.25, 0.3) is 0 Å². The van der Waals surface area contributed by atoms with Crippen LogP contribution in [0.1, 0.15) is 24.5 Å². The Balaban J connectivity index is 2.02. The SMILES string of the molecule is Cc1nc(CC(=O)C(C)(C)N2CCNCC2)cs1. The summed E-state index contributed by atoms with van der Waals surface area (Å²) >= 11 is 1.61. The van der Waals surface area contributed by atoms with Crippen LogP contribution in [0.5, 0.6) is 0 Å². The summed E-state index contributed by atoms with van der Waals surface area (Å²) in [5.74, 6) is 0.259. The summed E-state index contributed by atoms with van der Waals surface area (Å²) in [5.41, 5.74) is 0.519. The molecule has 1 saturated heterocycles. The Hall–Kier alpha value is -0.780. The zero-order chi connectivity index (χ0) is 13.2.